The molecule has 2 aromatic carbocycles. The zero-order valence-electron chi connectivity index (χ0n) is 9.64. The summed E-state index contributed by atoms with van der Waals surface area (Å²) in [6.07, 6.45) is 0.752. The number of hydrogen-bond acceptors (Lipinski definition) is 2. The third kappa shape index (κ3) is 2.38. The molecule has 1 amide bonds. The first-order chi connectivity index (χ1) is 8.72. The van der Waals surface area contributed by atoms with Crippen molar-refractivity contribution in [3.8, 4) is 11.8 Å². The number of fused-ring (bicyclic) bond motifs is 1. The Kier molecular flexibility index (Phi) is 3.40. The molecule has 0 radical (unpaired) electrons. The molecule has 0 unspecified atom stereocenters. The van der Waals surface area contributed by atoms with Crippen LogP contribution in [0, 0.1) is 11.8 Å². The van der Waals surface area contributed by atoms with E-state index < -0.39 is 5.91 Å². The molecule has 0 spiro atoms. The Morgan fingerprint density at radius 2 is 2.00 bits per heavy atom. The minimum Gasteiger partial charge on any atom is -0.369 e. The average Bonchev–Trinajstić information content (AvgIpc) is 2.38. The van der Waals surface area contributed by atoms with Gasteiger partial charge in [-0.1, -0.05) is 42.2 Å². The minimum absolute atomic E-state index is 0.0124. The summed E-state index contributed by atoms with van der Waals surface area (Å²) in [5, 5.41) is 1.91. The summed E-state index contributed by atoms with van der Waals surface area (Å²) < 4.78 is 0. The summed E-state index contributed by atoms with van der Waals surface area (Å²) in [5.74, 6) is 5.06. The predicted molar refractivity (Wildman–Crippen MR) is 70.0 cm³/mol. The topological polar surface area (TPSA) is 60.2 Å². The van der Waals surface area contributed by atoms with Crippen molar-refractivity contribution in [1.29, 1.82) is 0 Å². The zero-order valence-corrected chi connectivity index (χ0v) is 9.64. The Morgan fingerprint density at radius 1 is 1.22 bits per heavy atom. The highest BCUT2D eigenvalue weighted by molar-refractivity contribution is 5.95. The van der Waals surface area contributed by atoms with Crippen LogP contribution in [0.4, 0.5) is 0 Å². The lowest BCUT2D eigenvalue weighted by Gasteiger charge is -2.03. The normalized spacial score (nSPS) is 9.56. The fourth-order valence-corrected chi connectivity index (χ4v) is 1.75. The smallest absolute Gasteiger partial charge is 0.229 e. The van der Waals surface area contributed by atoms with Gasteiger partial charge in [-0.25, -0.2) is 0 Å². The van der Waals surface area contributed by atoms with Crippen molar-refractivity contribution >= 4 is 23.0 Å². The number of amides is 1. The first-order valence-electron chi connectivity index (χ1n) is 5.46. The molecule has 0 saturated heterocycles. The summed E-state index contributed by atoms with van der Waals surface area (Å²) in [6, 6.07) is 11.3. The van der Waals surface area contributed by atoms with E-state index in [9.17, 15) is 9.59 Å². The first-order valence-corrected chi connectivity index (χ1v) is 5.46. The molecule has 2 rings (SSSR count). The quantitative estimate of drug-likeness (QED) is 0.640. The van der Waals surface area contributed by atoms with Crippen LogP contribution in [-0.4, -0.2) is 12.2 Å². The van der Waals surface area contributed by atoms with Crippen molar-refractivity contribution in [1.82, 2.24) is 0 Å². The lowest BCUT2D eigenvalue weighted by Crippen LogP contribution is -2.08. The van der Waals surface area contributed by atoms with E-state index in [0.29, 0.717) is 11.1 Å². The van der Waals surface area contributed by atoms with Crippen LogP contribution in [0.5, 0.6) is 0 Å². The number of primary amides is 1. The largest absolute Gasteiger partial charge is 0.369 e. The molecule has 0 aliphatic heterocycles. The molecule has 2 N–H and O–H groups in total. The maximum Gasteiger partial charge on any atom is 0.229 e. The van der Waals surface area contributed by atoms with Gasteiger partial charge in [0.1, 0.15) is 0 Å². The molecule has 0 saturated carbocycles. The van der Waals surface area contributed by atoms with Crippen molar-refractivity contribution in [3.05, 3.63) is 47.5 Å². The molecule has 3 nitrogen and oxygen atoms in total. The van der Waals surface area contributed by atoms with E-state index in [1.54, 1.807) is 6.07 Å². The van der Waals surface area contributed by atoms with E-state index >= 15 is 0 Å². The molecule has 0 aliphatic carbocycles. The second-order valence-electron chi connectivity index (χ2n) is 3.81. The Balaban J connectivity index is 2.60. The lowest BCUT2D eigenvalue weighted by atomic mass is 10.00. The van der Waals surface area contributed by atoms with Gasteiger partial charge in [0.15, 0.2) is 6.29 Å². The van der Waals surface area contributed by atoms with E-state index in [4.69, 9.17) is 5.73 Å². The third-order valence-electron chi connectivity index (χ3n) is 2.56. The van der Waals surface area contributed by atoms with Crippen molar-refractivity contribution in [2.24, 2.45) is 5.73 Å². The molecule has 88 valence electrons. The number of nitrogens with two attached hydrogens (primary N) is 1. The van der Waals surface area contributed by atoms with Crippen LogP contribution in [0.15, 0.2) is 36.4 Å². The van der Waals surface area contributed by atoms with Crippen LogP contribution < -0.4 is 5.73 Å². The molecule has 18 heavy (non-hydrogen) atoms. The predicted octanol–water partition coefficient (Wildman–Crippen LogP) is 1.88. The maximum atomic E-state index is 11.0. The number of carbonyl (C=O) groups excluding carboxylic acids is 2. The van der Waals surface area contributed by atoms with Gasteiger partial charge in [-0.15, -0.1) is 0 Å². The summed E-state index contributed by atoms with van der Waals surface area (Å²) in [7, 11) is 0. The third-order valence-corrected chi connectivity index (χ3v) is 2.56. The van der Waals surface area contributed by atoms with Gasteiger partial charge in [0, 0.05) is 11.1 Å². The Labute approximate surface area is 105 Å². The standard InChI is InChI=1S/C15H11NO2/c16-15(18)7-3-6-14-12(10-17)9-8-11-4-1-2-5-13(11)14/h1-2,4-5,8-10H,7H2,(H2,16,18). The molecule has 0 atom stereocenters. The van der Waals surface area contributed by atoms with Crippen LogP contribution in [0.3, 0.4) is 0 Å². The summed E-state index contributed by atoms with van der Waals surface area (Å²) in [6.45, 7) is 0. The zero-order chi connectivity index (χ0) is 13.0. The summed E-state index contributed by atoms with van der Waals surface area (Å²) in [5.41, 5.74) is 6.19. The highest BCUT2D eigenvalue weighted by Gasteiger charge is 2.04. The molecular weight excluding hydrogens is 226 g/mol. The number of carbonyl (C=O) groups is 2. The van der Waals surface area contributed by atoms with E-state index in [-0.39, 0.29) is 6.42 Å². The first kappa shape index (κ1) is 11.9. The number of hydrogen-bond donors (Lipinski definition) is 1. The second-order valence-corrected chi connectivity index (χ2v) is 3.81. The van der Waals surface area contributed by atoms with Gasteiger partial charge in [0.2, 0.25) is 5.91 Å². The fourth-order valence-electron chi connectivity index (χ4n) is 1.75. The van der Waals surface area contributed by atoms with Gasteiger partial charge in [-0.05, 0) is 16.8 Å². The Hall–Kier alpha value is -2.60. The molecule has 0 heterocycles. The Morgan fingerprint density at radius 3 is 2.72 bits per heavy atom. The van der Waals surface area contributed by atoms with Gasteiger partial charge in [-0.3, -0.25) is 9.59 Å². The van der Waals surface area contributed by atoms with Crippen LogP contribution in [0.1, 0.15) is 22.3 Å². The van der Waals surface area contributed by atoms with E-state index in [2.05, 4.69) is 11.8 Å². The molecule has 0 aliphatic rings. The SMILES string of the molecule is NC(=O)CC#Cc1c(C=O)ccc2ccccc12. The minimum atomic E-state index is -0.476. The molecule has 3 heteroatoms. The van der Waals surface area contributed by atoms with Crippen LogP contribution in [-0.2, 0) is 4.79 Å². The monoisotopic (exact) mass is 237 g/mol. The number of aldehydes is 1. The van der Waals surface area contributed by atoms with Crippen molar-refractivity contribution in [3.63, 3.8) is 0 Å². The fraction of sp³-hybridized carbons (Fsp3) is 0.0667. The second kappa shape index (κ2) is 5.15. The maximum absolute atomic E-state index is 11.0. The molecular formula is C15H11NO2. The van der Waals surface area contributed by atoms with E-state index in [0.717, 1.165) is 17.1 Å². The average molecular weight is 237 g/mol. The van der Waals surface area contributed by atoms with Gasteiger partial charge in [-0.2, -0.15) is 0 Å². The molecule has 2 aromatic rings. The number of rotatable bonds is 2. The molecule has 0 fully saturated rings. The lowest BCUT2D eigenvalue weighted by molar-refractivity contribution is -0.117. The molecule has 0 aromatic heterocycles. The van der Waals surface area contributed by atoms with Crippen molar-refractivity contribution < 1.29 is 9.59 Å². The summed E-state index contributed by atoms with van der Waals surface area (Å²) >= 11 is 0. The van der Waals surface area contributed by atoms with E-state index in [1.165, 1.54) is 0 Å². The summed E-state index contributed by atoms with van der Waals surface area (Å²) in [4.78, 5) is 21.7. The van der Waals surface area contributed by atoms with E-state index in [1.807, 2.05) is 30.3 Å². The Bertz CT molecular complexity index is 678. The highest BCUT2D eigenvalue weighted by atomic mass is 16.1. The van der Waals surface area contributed by atoms with Gasteiger partial charge in [0.05, 0.1) is 6.42 Å². The van der Waals surface area contributed by atoms with Crippen molar-refractivity contribution in [2.45, 2.75) is 6.42 Å². The van der Waals surface area contributed by atoms with Crippen molar-refractivity contribution in [2.75, 3.05) is 0 Å². The van der Waals surface area contributed by atoms with Crippen LogP contribution >= 0.6 is 0 Å². The number of benzene rings is 2. The molecule has 0 bridgehead atoms. The van der Waals surface area contributed by atoms with Gasteiger partial charge >= 0.3 is 0 Å². The van der Waals surface area contributed by atoms with Gasteiger partial charge < -0.3 is 5.73 Å². The highest BCUT2D eigenvalue weighted by Crippen LogP contribution is 2.20. The van der Waals surface area contributed by atoms with Gasteiger partial charge in [0.25, 0.3) is 0 Å². The van der Waals surface area contributed by atoms with Crippen LogP contribution in [0.25, 0.3) is 10.8 Å². The van der Waals surface area contributed by atoms with Crippen LogP contribution in [0.2, 0.25) is 0 Å².